The molecule has 1 saturated heterocycles. The number of anilines is 1. The lowest BCUT2D eigenvalue weighted by molar-refractivity contribution is 0.250. The summed E-state index contributed by atoms with van der Waals surface area (Å²) in [6.07, 6.45) is 5.55. The van der Waals surface area contributed by atoms with Gasteiger partial charge in [0.05, 0.1) is 29.6 Å². The zero-order valence-corrected chi connectivity index (χ0v) is 16.9. The van der Waals surface area contributed by atoms with Gasteiger partial charge in [-0.15, -0.1) is 0 Å². The quantitative estimate of drug-likeness (QED) is 0.569. The number of aryl methyl sites for hydroxylation is 1. The smallest absolute Gasteiger partial charge is 0.268 e. The Kier molecular flexibility index (Phi) is 5.87. The molecule has 0 bridgehead atoms. The number of aromatic nitrogens is 3. The maximum Gasteiger partial charge on any atom is 0.268 e. The van der Waals surface area contributed by atoms with Crippen molar-refractivity contribution in [3.8, 4) is 5.75 Å². The third-order valence-corrected chi connectivity index (χ3v) is 6.26. The van der Waals surface area contributed by atoms with Gasteiger partial charge in [-0.3, -0.25) is 13.7 Å². The third-order valence-electron chi connectivity index (χ3n) is 5.14. The summed E-state index contributed by atoms with van der Waals surface area (Å²) in [6.45, 7) is 5.76. The van der Waals surface area contributed by atoms with Gasteiger partial charge in [-0.1, -0.05) is 23.7 Å². The van der Waals surface area contributed by atoms with Crippen molar-refractivity contribution in [1.82, 2.24) is 18.8 Å². The van der Waals surface area contributed by atoms with Crippen molar-refractivity contribution >= 4 is 27.6 Å². The number of fused-ring (bicyclic) bond motifs is 1. The fourth-order valence-corrected chi connectivity index (χ4v) is 4.54. The van der Waals surface area contributed by atoms with Crippen LogP contribution in [0.1, 0.15) is 12.8 Å². The SMILES string of the molecule is COc1cnc(N2CCN(CCCCn3sc4ccccc4c3=O)CC2)nc1. The number of benzene rings is 1. The molecular formula is C20H25N5O2S. The predicted molar refractivity (Wildman–Crippen MR) is 113 cm³/mol. The van der Waals surface area contributed by atoms with Crippen LogP contribution in [0.3, 0.4) is 0 Å². The highest BCUT2D eigenvalue weighted by Gasteiger charge is 2.18. The minimum absolute atomic E-state index is 0.147. The molecule has 0 radical (unpaired) electrons. The van der Waals surface area contributed by atoms with Crippen LogP contribution in [0.5, 0.6) is 5.75 Å². The minimum atomic E-state index is 0.147. The first-order valence-corrected chi connectivity index (χ1v) is 10.4. The summed E-state index contributed by atoms with van der Waals surface area (Å²) in [4.78, 5) is 25.8. The fraction of sp³-hybridized carbons (Fsp3) is 0.450. The molecule has 0 N–H and O–H groups in total. The van der Waals surface area contributed by atoms with Crippen LogP contribution in [0.25, 0.3) is 10.1 Å². The Morgan fingerprint density at radius 3 is 2.46 bits per heavy atom. The Morgan fingerprint density at radius 2 is 1.75 bits per heavy atom. The van der Waals surface area contributed by atoms with E-state index in [0.717, 1.165) is 68.1 Å². The molecule has 1 fully saturated rings. The summed E-state index contributed by atoms with van der Waals surface area (Å²) in [5, 5.41) is 0.837. The Balaban J connectivity index is 1.21. The number of ether oxygens (including phenoxy) is 1. The van der Waals surface area contributed by atoms with Gasteiger partial charge < -0.3 is 9.64 Å². The van der Waals surface area contributed by atoms with E-state index in [4.69, 9.17) is 4.74 Å². The van der Waals surface area contributed by atoms with E-state index in [1.54, 1.807) is 31.0 Å². The molecule has 0 aliphatic carbocycles. The zero-order chi connectivity index (χ0) is 19.3. The first kappa shape index (κ1) is 18.9. The number of hydrogen-bond donors (Lipinski definition) is 0. The van der Waals surface area contributed by atoms with Gasteiger partial charge in [0.15, 0.2) is 5.75 Å². The largest absolute Gasteiger partial charge is 0.494 e. The number of unbranched alkanes of at least 4 members (excludes halogenated alkanes) is 1. The van der Waals surface area contributed by atoms with Gasteiger partial charge in [-0.2, -0.15) is 0 Å². The summed E-state index contributed by atoms with van der Waals surface area (Å²) in [5.74, 6) is 1.45. The Labute approximate surface area is 168 Å². The standard InChI is InChI=1S/C20H25N5O2S/c1-27-16-14-21-20(22-15-16)24-12-10-23(11-13-24)8-4-5-9-25-19(26)17-6-2-3-7-18(17)28-25/h2-3,6-7,14-15H,4-5,8-13H2,1H3. The Bertz CT molecular complexity index is 961. The van der Waals surface area contributed by atoms with Crippen LogP contribution in [0.15, 0.2) is 41.5 Å². The maximum absolute atomic E-state index is 12.4. The lowest BCUT2D eigenvalue weighted by Crippen LogP contribution is -2.47. The normalized spacial score (nSPS) is 15.2. The number of piperazine rings is 1. The van der Waals surface area contributed by atoms with Crippen molar-refractivity contribution in [2.24, 2.45) is 0 Å². The Hall–Kier alpha value is -2.45. The monoisotopic (exact) mass is 399 g/mol. The van der Waals surface area contributed by atoms with Crippen molar-refractivity contribution < 1.29 is 4.74 Å². The van der Waals surface area contributed by atoms with E-state index in [-0.39, 0.29) is 5.56 Å². The van der Waals surface area contributed by atoms with E-state index in [1.807, 2.05) is 28.2 Å². The highest BCUT2D eigenvalue weighted by molar-refractivity contribution is 7.13. The van der Waals surface area contributed by atoms with Crippen LogP contribution in [-0.4, -0.2) is 58.7 Å². The van der Waals surface area contributed by atoms with Crippen molar-refractivity contribution in [3.05, 3.63) is 47.0 Å². The molecule has 2 aromatic heterocycles. The number of rotatable bonds is 7. The third kappa shape index (κ3) is 4.18. The molecule has 28 heavy (non-hydrogen) atoms. The average Bonchev–Trinajstić information content (AvgIpc) is 3.07. The molecule has 3 aromatic rings. The van der Waals surface area contributed by atoms with Gasteiger partial charge in [0.1, 0.15) is 0 Å². The van der Waals surface area contributed by atoms with Gasteiger partial charge in [0.2, 0.25) is 5.95 Å². The first-order chi connectivity index (χ1) is 13.7. The highest BCUT2D eigenvalue weighted by Crippen LogP contribution is 2.17. The topological polar surface area (TPSA) is 63.5 Å². The molecule has 0 saturated carbocycles. The van der Waals surface area contributed by atoms with Crippen molar-refractivity contribution in [2.75, 3.05) is 44.7 Å². The molecule has 3 heterocycles. The molecule has 7 nitrogen and oxygen atoms in total. The van der Waals surface area contributed by atoms with Gasteiger partial charge in [-0.25, -0.2) is 9.97 Å². The summed E-state index contributed by atoms with van der Waals surface area (Å²) in [5.41, 5.74) is 0.147. The second-order valence-electron chi connectivity index (χ2n) is 6.95. The predicted octanol–water partition coefficient (Wildman–Crippen LogP) is 2.46. The number of hydrogen-bond acceptors (Lipinski definition) is 7. The molecule has 1 aliphatic heterocycles. The summed E-state index contributed by atoms with van der Waals surface area (Å²) >= 11 is 1.57. The van der Waals surface area contributed by atoms with Crippen LogP contribution in [0.2, 0.25) is 0 Å². The van der Waals surface area contributed by atoms with E-state index in [0.29, 0.717) is 5.75 Å². The second kappa shape index (κ2) is 8.70. The molecule has 0 atom stereocenters. The van der Waals surface area contributed by atoms with Gasteiger partial charge in [-0.05, 0) is 31.5 Å². The summed E-state index contributed by atoms with van der Waals surface area (Å²) in [6, 6.07) is 7.84. The lowest BCUT2D eigenvalue weighted by atomic mass is 10.2. The minimum Gasteiger partial charge on any atom is -0.494 e. The summed E-state index contributed by atoms with van der Waals surface area (Å²) in [7, 11) is 1.62. The molecule has 4 rings (SSSR count). The van der Waals surface area contributed by atoms with Crippen LogP contribution < -0.4 is 15.2 Å². The second-order valence-corrected chi connectivity index (χ2v) is 8.02. The molecule has 148 valence electrons. The van der Waals surface area contributed by atoms with E-state index in [2.05, 4.69) is 19.8 Å². The Morgan fingerprint density at radius 1 is 1.04 bits per heavy atom. The molecule has 1 aromatic carbocycles. The molecule has 0 amide bonds. The highest BCUT2D eigenvalue weighted by atomic mass is 32.1. The molecule has 0 spiro atoms. The average molecular weight is 400 g/mol. The van der Waals surface area contributed by atoms with Gasteiger partial charge >= 0.3 is 0 Å². The fourth-order valence-electron chi connectivity index (χ4n) is 3.51. The van der Waals surface area contributed by atoms with Crippen molar-refractivity contribution in [1.29, 1.82) is 0 Å². The first-order valence-electron chi connectivity index (χ1n) is 9.67. The van der Waals surface area contributed by atoms with E-state index >= 15 is 0 Å². The van der Waals surface area contributed by atoms with Crippen LogP contribution in [-0.2, 0) is 6.54 Å². The lowest BCUT2D eigenvalue weighted by Gasteiger charge is -2.34. The molecular weight excluding hydrogens is 374 g/mol. The van der Waals surface area contributed by atoms with Crippen LogP contribution >= 0.6 is 11.5 Å². The molecule has 1 aliphatic rings. The summed E-state index contributed by atoms with van der Waals surface area (Å²) < 4.78 is 8.08. The van der Waals surface area contributed by atoms with Crippen molar-refractivity contribution in [2.45, 2.75) is 19.4 Å². The van der Waals surface area contributed by atoms with Gasteiger partial charge in [0, 0.05) is 32.7 Å². The molecule has 8 heteroatoms. The van der Waals surface area contributed by atoms with Crippen molar-refractivity contribution in [3.63, 3.8) is 0 Å². The zero-order valence-electron chi connectivity index (χ0n) is 16.1. The van der Waals surface area contributed by atoms with E-state index in [9.17, 15) is 4.79 Å². The van der Waals surface area contributed by atoms with Crippen LogP contribution in [0, 0.1) is 0 Å². The number of nitrogens with zero attached hydrogens (tertiary/aromatic N) is 5. The maximum atomic E-state index is 12.4. The molecule has 0 unspecified atom stereocenters. The van der Waals surface area contributed by atoms with E-state index < -0.39 is 0 Å². The van der Waals surface area contributed by atoms with Crippen LogP contribution in [0.4, 0.5) is 5.95 Å². The van der Waals surface area contributed by atoms with Gasteiger partial charge in [0.25, 0.3) is 5.56 Å². The van der Waals surface area contributed by atoms with E-state index in [1.165, 1.54) is 0 Å². The number of methoxy groups -OCH3 is 1.